The zero-order valence-electron chi connectivity index (χ0n) is 13.9. The molecular weight excluding hydrogens is 373 g/mol. The van der Waals surface area contributed by atoms with E-state index >= 15 is 0 Å². The molecule has 132 valence electrons. The van der Waals surface area contributed by atoms with E-state index in [0.717, 1.165) is 5.56 Å². The molecular formula is C20H15Cl2NO3. The average molecular weight is 388 g/mol. The number of carbonyl (C=O) groups is 2. The van der Waals surface area contributed by atoms with Crippen LogP contribution in [0.4, 0.5) is 5.69 Å². The van der Waals surface area contributed by atoms with E-state index in [2.05, 4.69) is 4.99 Å². The molecule has 1 N–H and O–H groups in total. The Bertz CT molecular complexity index is 939. The number of aliphatic hydroxyl groups excluding tert-OH is 1. The standard InChI is InChI=1S/C20H15Cl2NO3/c1-11-2-4-12(5-3-11)19(25)20(26)18-16(6-7-17(18)24)23-15-9-13(21)8-14(22)10-15/h2-5,8-10,26H,6-7H2,1H3/b20-18+,23-16?. The number of hydrogen-bond acceptors (Lipinski definition) is 4. The molecule has 0 aliphatic heterocycles. The lowest BCUT2D eigenvalue weighted by molar-refractivity contribution is -0.114. The van der Waals surface area contributed by atoms with Crippen molar-refractivity contribution in [2.45, 2.75) is 19.8 Å². The highest BCUT2D eigenvalue weighted by molar-refractivity contribution is 6.35. The Kier molecular flexibility index (Phi) is 5.25. The third kappa shape index (κ3) is 3.87. The number of rotatable bonds is 3. The lowest BCUT2D eigenvalue weighted by Gasteiger charge is -2.06. The van der Waals surface area contributed by atoms with Gasteiger partial charge in [-0.1, -0.05) is 53.0 Å². The first-order chi connectivity index (χ1) is 12.3. The van der Waals surface area contributed by atoms with Gasteiger partial charge in [0.25, 0.3) is 0 Å². The maximum absolute atomic E-state index is 12.5. The van der Waals surface area contributed by atoms with Crippen molar-refractivity contribution in [3.8, 4) is 0 Å². The van der Waals surface area contributed by atoms with Gasteiger partial charge in [0, 0.05) is 22.0 Å². The zero-order valence-corrected chi connectivity index (χ0v) is 15.4. The Morgan fingerprint density at radius 1 is 1.04 bits per heavy atom. The Hall–Kier alpha value is -2.43. The normalized spacial score (nSPS) is 17.7. The minimum absolute atomic E-state index is 0.0355. The molecule has 3 rings (SSSR count). The zero-order chi connectivity index (χ0) is 18.8. The van der Waals surface area contributed by atoms with E-state index in [1.807, 2.05) is 6.92 Å². The van der Waals surface area contributed by atoms with Gasteiger partial charge in [0.2, 0.25) is 5.78 Å². The van der Waals surface area contributed by atoms with Crippen LogP contribution in [0, 0.1) is 6.92 Å². The fourth-order valence-corrected chi connectivity index (χ4v) is 3.25. The summed E-state index contributed by atoms with van der Waals surface area (Å²) in [6.07, 6.45) is 0.525. The number of aryl methyl sites for hydroxylation is 1. The second kappa shape index (κ2) is 7.44. The predicted molar refractivity (Wildman–Crippen MR) is 103 cm³/mol. The summed E-state index contributed by atoms with van der Waals surface area (Å²) >= 11 is 11.9. The van der Waals surface area contributed by atoms with Gasteiger partial charge in [0.1, 0.15) is 0 Å². The molecule has 1 aliphatic carbocycles. The molecule has 0 heterocycles. The molecule has 0 unspecified atom stereocenters. The van der Waals surface area contributed by atoms with Crippen molar-refractivity contribution >= 4 is 46.2 Å². The van der Waals surface area contributed by atoms with Gasteiger partial charge in [0.05, 0.1) is 17.0 Å². The van der Waals surface area contributed by atoms with Crippen molar-refractivity contribution in [3.05, 3.63) is 75.0 Å². The number of nitrogens with zero attached hydrogens (tertiary/aromatic N) is 1. The van der Waals surface area contributed by atoms with E-state index in [9.17, 15) is 14.7 Å². The number of aliphatic hydroxyl groups is 1. The Balaban J connectivity index is 2.03. The average Bonchev–Trinajstić information content (AvgIpc) is 2.93. The summed E-state index contributed by atoms with van der Waals surface area (Å²) in [6, 6.07) is 11.5. The summed E-state index contributed by atoms with van der Waals surface area (Å²) in [7, 11) is 0. The molecule has 0 atom stereocenters. The van der Waals surface area contributed by atoms with Gasteiger partial charge in [-0.25, -0.2) is 0 Å². The topological polar surface area (TPSA) is 66.7 Å². The first-order valence-electron chi connectivity index (χ1n) is 7.97. The van der Waals surface area contributed by atoms with Crippen LogP contribution in [0.5, 0.6) is 0 Å². The first kappa shape index (κ1) is 18.4. The number of halogens is 2. The van der Waals surface area contributed by atoms with E-state index in [0.29, 0.717) is 33.4 Å². The maximum atomic E-state index is 12.5. The molecule has 0 aromatic heterocycles. The first-order valence-corrected chi connectivity index (χ1v) is 8.72. The number of carbonyl (C=O) groups excluding carboxylic acids is 2. The third-order valence-corrected chi connectivity index (χ3v) is 4.47. The van der Waals surface area contributed by atoms with Gasteiger partial charge >= 0.3 is 0 Å². The summed E-state index contributed by atoms with van der Waals surface area (Å²) in [5, 5.41) is 11.3. The molecule has 0 saturated heterocycles. The summed E-state index contributed by atoms with van der Waals surface area (Å²) in [6.45, 7) is 1.90. The van der Waals surface area contributed by atoms with Gasteiger partial charge < -0.3 is 5.11 Å². The number of ketones is 2. The molecule has 26 heavy (non-hydrogen) atoms. The molecule has 2 aromatic rings. The largest absolute Gasteiger partial charge is 0.504 e. The summed E-state index contributed by atoms with van der Waals surface area (Å²) in [4.78, 5) is 29.2. The van der Waals surface area contributed by atoms with E-state index in [1.54, 1.807) is 42.5 Å². The van der Waals surface area contributed by atoms with Crippen LogP contribution in [-0.2, 0) is 4.79 Å². The molecule has 4 nitrogen and oxygen atoms in total. The van der Waals surface area contributed by atoms with Gasteiger partial charge in [-0.05, 0) is 31.5 Å². The number of hydrogen-bond donors (Lipinski definition) is 1. The summed E-state index contributed by atoms with van der Waals surface area (Å²) in [5.41, 5.74) is 2.08. The van der Waals surface area contributed by atoms with Crippen molar-refractivity contribution < 1.29 is 14.7 Å². The Labute approximate surface area is 160 Å². The fourth-order valence-electron chi connectivity index (χ4n) is 2.74. The van der Waals surface area contributed by atoms with Crippen LogP contribution < -0.4 is 0 Å². The molecule has 0 bridgehead atoms. The van der Waals surface area contributed by atoms with E-state index in [1.165, 1.54) is 0 Å². The number of aliphatic imine (C=N–C) groups is 1. The van der Waals surface area contributed by atoms with Crippen LogP contribution in [0.15, 0.2) is 58.8 Å². The van der Waals surface area contributed by atoms with Crippen LogP contribution in [-0.4, -0.2) is 22.4 Å². The van der Waals surface area contributed by atoms with Crippen molar-refractivity contribution in [1.82, 2.24) is 0 Å². The van der Waals surface area contributed by atoms with Gasteiger partial charge in [-0.3, -0.25) is 14.6 Å². The molecule has 1 aliphatic rings. The molecule has 0 spiro atoms. The second-order valence-corrected chi connectivity index (χ2v) is 6.90. The van der Waals surface area contributed by atoms with Crippen LogP contribution in [0.2, 0.25) is 10.0 Å². The molecule has 0 radical (unpaired) electrons. The second-order valence-electron chi connectivity index (χ2n) is 6.03. The minimum Gasteiger partial charge on any atom is -0.504 e. The van der Waals surface area contributed by atoms with Gasteiger partial charge in [0.15, 0.2) is 11.5 Å². The van der Waals surface area contributed by atoms with Gasteiger partial charge in [-0.15, -0.1) is 0 Å². The Morgan fingerprint density at radius 2 is 1.65 bits per heavy atom. The number of Topliss-reactive ketones (excluding diaryl/α,β-unsaturated/α-hetero) is 2. The maximum Gasteiger partial charge on any atom is 0.228 e. The summed E-state index contributed by atoms with van der Waals surface area (Å²) in [5.74, 6) is -1.50. The quantitative estimate of drug-likeness (QED) is 0.433. The lowest BCUT2D eigenvalue weighted by Crippen LogP contribution is -2.12. The lowest BCUT2D eigenvalue weighted by atomic mass is 10.0. The Morgan fingerprint density at radius 3 is 2.27 bits per heavy atom. The van der Waals surface area contributed by atoms with Crippen LogP contribution in [0.3, 0.4) is 0 Å². The fraction of sp³-hybridized carbons (Fsp3) is 0.150. The smallest absolute Gasteiger partial charge is 0.228 e. The van der Waals surface area contributed by atoms with Crippen molar-refractivity contribution in [1.29, 1.82) is 0 Å². The molecule has 0 amide bonds. The highest BCUT2D eigenvalue weighted by atomic mass is 35.5. The van der Waals surface area contributed by atoms with E-state index < -0.39 is 11.5 Å². The molecule has 1 fully saturated rings. The highest BCUT2D eigenvalue weighted by Gasteiger charge is 2.31. The monoisotopic (exact) mass is 387 g/mol. The van der Waals surface area contributed by atoms with E-state index in [-0.39, 0.29) is 17.8 Å². The van der Waals surface area contributed by atoms with Crippen molar-refractivity contribution in [3.63, 3.8) is 0 Å². The number of benzene rings is 2. The van der Waals surface area contributed by atoms with E-state index in [4.69, 9.17) is 23.2 Å². The van der Waals surface area contributed by atoms with Crippen LogP contribution >= 0.6 is 23.2 Å². The van der Waals surface area contributed by atoms with Gasteiger partial charge in [-0.2, -0.15) is 0 Å². The highest BCUT2D eigenvalue weighted by Crippen LogP contribution is 2.29. The third-order valence-electron chi connectivity index (χ3n) is 4.03. The molecule has 6 heteroatoms. The predicted octanol–water partition coefficient (Wildman–Crippen LogP) is 5.43. The van der Waals surface area contributed by atoms with Crippen LogP contribution in [0.25, 0.3) is 0 Å². The minimum atomic E-state index is -0.605. The molecule has 2 aromatic carbocycles. The summed E-state index contributed by atoms with van der Waals surface area (Å²) < 4.78 is 0. The molecule has 1 saturated carbocycles. The van der Waals surface area contributed by atoms with Crippen LogP contribution in [0.1, 0.15) is 28.8 Å². The SMILES string of the molecule is Cc1ccc(C(=O)/C(O)=C2\C(=O)CCC2=Nc2cc(Cl)cc(Cl)c2)cc1. The van der Waals surface area contributed by atoms with Crippen molar-refractivity contribution in [2.24, 2.45) is 4.99 Å². The van der Waals surface area contributed by atoms with Crippen molar-refractivity contribution in [2.75, 3.05) is 0 Å². The number of allylic oxidation sites excluding steroid dienone is 2.